The lowest BCUT2D eigenvalue weighted by Crippen LogP contribution is -2.34. The van der Waals surface area contributed by atoms with E-state index in [0.29, 0.717) is 6.54 Å². The molecule has 5 heteroatoms. The van der Waals surface area contributed by atoms with Crippen molar-refractivity contribution in [3.8, 4) is 0 Å². The van der Waals surface area contributed by atoms with E-state index in [2.05, 4.69) is 5.32 Å². The molecule has 0 aromatic heterocycles. The van der Waals surface area contributed by atoms with E-state index in [0.717, 1.165) is 23.4 Å². The van der Waals surface area contributed by atoms with Gasteiger partial charge in [0.15, 0.2) is 0 Å². The molecule has 1 unspecified atom stereocenters. The SMILES string of the molecule is CC(=O)N1CCc2cc(NC(C(=O)O)C(C)C)ccc21. The molecule has 0 spiro atoms. The molecular weight excluding hydrogens is 256 g/mol. The van der Waals surface area contributed by atoms with Crippen molar-refractivity contribution in [2.75, 3.05) is 16.8 Å². The number of carboxylic acids is 1. The van der Waals surface area contributed by atoms with Gasteiger partial charge in [0.25, 0.3) is 0 Å². The monoisotopic (exact) mass is 276 g/mol. The van der Waals surface area contributed by atoms with Crippen molar-refractivity contribution in [2.45, 2.75) is 33.2 Å². The molecule has 0 saturated heterocycles. The average molecular weight is 276 g/mol. The largest absolute Gasteiger partial charge is 0.480 e. The van der Waals surface area contributed by atoms with E-state index in [4.69, 9.17) is 0 Å². The predicted octanol–water partition coefficient (Wildman–Crippen LogP) is 2.12. The minimum Gasteiger partial charge on any atom is -0.480 e. The molecule has 0 bridgehead atoms. The summed E-state index contributed by atoms with van der Waals surface area (Å²) in [7, 11) is 0. The number of nitrogens with one attached hydrogen (secondary N) is 1. The van der Waals surface area contributed by atoms with E-state index in [1.807, 2.05) is 32.0 Å². The fourth-order valence-electron chi connectivity index (χ4n) is 2.51. The zero-order chi connectivity index (χ0) is 14.9. The van der Waals surface area contributed by atoms with Crippen molar-refractivity contribution in [3.63, 3.8) is 0 Å². The first-order valence-electron chi connectivity index (χ1n) is 6.80. The fourth-order valence-corrected chi connectivity index (χ4v) is 2.51. The number of carbonyl (C=O) groups is 2. The number of hydrogen-bond donors (Lipinski definition) is 2. The molecule has 2 rings (SSSR count). The van der Waals surface area contributed by atoms with Crippen LogP contribution in [0.2, 0.25) is 0 Å². The molecule has 108 valence electrons. The number of fused-ring (bicyclic) bond motifs is 1. The number of aliphatic carboxylic acids is 1. The summed E-state index contributed by atoms with van der Waals surface area (Å²) in [6.07, 6.45) is 0.809. The summed E-state index contributed by atoms with van der Waals surface area (Å²) >= 11 is 0. The van der Waals surface area contributed by atoms with Gasteiger partial charge in [0.05, 0.1) is 0 Å². The van der Waals surface area contributed by atoms with Crippen LogP contribution >= 0.6 is 0 Å². The van der Waals surface area contributed by atoms with E-state index >= 15 is 0 Å². The molecule has 1 aromatic carbocycles. The van der Waals surface area contributed by atoms with Crippen molar-refractivity contribution in [2.24, 2.45) is 5.92 Å². The highest BCUT2D eigenvalue weighted by Gasteiger charge is 2.24. The Hall–Kier alpha value is -2.04. The highest BCUT2D eigenvalue weighted by molar-refractivity contribution is 5.94. The van der Waals surface area contributed by atoms with Gasteiger partial charge in [-0.3, -0.25) is 4.79 Å². The maximum Gasteiger partial charge on any atom is 0.326 e. The van der Waals surface area contributed by atoms with Crippen LogP contribution in [0, 0.1) is 5.92 Å². The third kappa shape index (κ3) is 2.76. The van der Waals surface area contributed by atoms with Crippen LogP contribution in [0.5, 0.6) is 0 Å². The fraction of sp³-hybridized carbons (Fsp3) is 0.467. The summed E-state index contributed by atoms with van der Waals surface area (Å²) in [5, 5.41) is 12.2. The summed E-state index contributed by atoms with van der Waals surface area (Å²) in [5.41, 5.74) is 2.80. The van der Waals surface area contributed by atoms with Gasteiger partial charge in [0.2, 0.25) is 5.91 Å². The molecule has 1 amide bonds. The smallest absolute Gasteiger partial charge is 0.326 e. The summed E-state index contributed by atoms with van der Waals surface area (Å²) < 4.78 is 0. The summed E-state index contributed by atoms with van der Waals surface area (Å²) in [6.45, 7) is 5.99. The molecule has 5 nitrogen and oxygen atoms in total. The van der Waals surface area contributed by atoms with Crippen LogP contribution in [0.1, 0.15) is 26.3 Å². The van der Waals surface area contributed by atoms with E-state index in [1.165, 1.54) is 0 Å². The van der Waals surface area contributed by atoms with E-state index in [9.17, 15) is 14.7 Å². The van der Waals surface area contributed by atoms with Gasteiger partial charge < -0.3 is 15.3 Å². The Morgan fingerprint density at radius 3 is 2.60 bits per heavy atom. The quantitative estimate of drug-likeness (QED) is 0.883. The zero-order valence-electron chi connectivity index (χ0n) is 12.0. The van der Waals surface area contributed by atoms with E-state index in [-0.39, 0.29) is 11.8 Å². The van der Waals surface area contributed by atoms with Gasteiger partial charge in [-0.2, -0.15) is 0 Å². The second-order valence-corrected chi connectivity index (χ2v) is 5.47. The Kier molecular flexibility index (Phi) is 3.97. The Morgan fingerprint density at radius 2 is 2.05 bits per heavy atom. The number of anilines is 2. The van der Waals surface area contributed by atoms with Crippen LogP contribution in [0.4, 0.5) is 11.4 Å². The van der Waals surface area contributed by atoms with Crippen molar-refractivity contribution in [1.29, 1.82) is 0 Å². The maximum absolute atomic E-state index is 11.5. The minimum absolute atomic E-state index is 0.00512. The lowest BCUT2D eigenvalue weighted by Gasteiger charge is -2.20. The van der Waals surface area contributed by atoms with Gasteiger partial charge in [0.1, 0.15) is 6.04 Å². The number of carbonyl (C=O) groups excluding carboxylic acids is 1. The normalized spacial score (nSPS) is 15.1. The van der Waals surface area contributed by atoms with E-state index in [1.54, 1.807) is 11.8 Å². The minimum atomic E-state index is -0.856. The third-order valence-corrected chi connectivity index (χ3v) is 3.61. The highest BCUT2D eigenvalue weighted by Crippen LogP contribution is 2.30. The van der Waals surface area contributed by atoms with Gasteiger partial charge in [-0.1, -0.05) is 13.8 Å². The topological polar surface area (TPSA) is 69.6 Å². The van der Waals surface area contributed by atoms with Crippen LogP contribution in [-0.4, -0.2) is 29.6 Å². The van der Waals surface area contributed by atoms with Crippen molar-refractivity contribution < 1.29 is 14.7 Å². The molecule has 2 N–H and O–H groups in total. The highest BCUT2D eigenvalue weighted by atomic mass is 16.4. The van der Waals surface area contributed by atoms with Crippen LogP contribution in [0.25, 0.3) is 0 Å². The Labute approximate surface area is 118 Å². The molecule has 0 fully saturated rings. The number of rotatable bonds is 4. The van der Waals surface area contributed by atoms with Crippen LogP contribution in [0.15, 0.2) is 18.2 Å². The van der Waals surface area contributed by atoms with E-state index < -0.39 is 12.0 Å². The molecule has 1 aliphatic rings. The number of nitrogens with zero attached hydrogens (tertiary/aromatic N) is 1. The maximum atomic E-state index is 11.5. The summed E-state index contributed by atoms with van der Waals surface area (Å²) in [6, 6.07) is 5.04. The molecule has 1 aliphatic heterocycles. The Bertz CT molecular complexity index is 540. The van der Waals surface area contributed by atoms with Crippen LogP contribution in [-0.2, 0) is 16.0 Å². The number of benzene rings is 1. The first kappa shape index (κ1) is 14.4. The lowest BCUT2D eigenvalue weighted by molar-refractivity contribution is -0.138. The molecule has 0 radical (unpaired) electrons. The molecule has 1 heterocycles. The van der Waals surface area contributed by atoms with Crippen molar-refractivity contribution in [1.82, 2.24) is 0 Å². The lowest BCUT2D eigenvalue weighted by atomic mass is 10.0. The third-order valence-electron chi connectivity index (χ3n) is 3.61. The number of amides is 1. The van der Waals surface area contributed by atoms with Crippen molar-refractivity contribution >= 4 is 23.3 Å². The molecule has 0 saturated carbocycles. The van der Waals surface area contributed by atoms with Crippen LogP contribution in [0.3, 0.4) is 0 Å². The standard InChI is InChI=1S/C15H20N2O3/c1-9(2)14(15(19)20)16-12-4-5-13-11(8-12)6-7-17(13)10(3)18/h4-5,8-9,14,16H,6-7H2,1-3H3,(H,19,20). The van der Waals surface area contributed by atoms with Gasteiger partial charge >= 0.3 is 5.97 Å². The Morgan fingerprint density at radius 1 is 1.35 bits per heavy atom. The van der Waals surface area contributed by atoms with Crippen LogP contribution < -0.4 is 10.2 Å². The first-order chi connectivity index (χ1) is 9.40. The average Bonchev–Trinajstić information content (AvgIpc) is 2.78. The molecule has 0 aliphatic carbocycles. The van der Waals surface area contributed by atoms with Crippen molar-refractivity contribution in [3.05, 3.63) is 23.8 Å². The van der Waals surface area contributed by atoms with Gasteiger partial charge in [-0.25, -0.2) is 4.79 Å². The zero-order valence-corrected chi connectivity index (χ0v) is 12.0. The molecule has 20 heavy (non-hydrogen) atoms. The van der Waals surface area contributed by atoms with Gasteiger partial charge in [-0.05, 0) is 36.1 Å². The molecule has 1 atom stereocenters. The summed E-state index contributed by atoms with van der Waals surface area (Å²) in [5.74, 6) is -0.824. The van der Waals surface area contributed by atoms with Gasteiger partial charge in [-0.15, -0.1) is 0 Å². The second kappa shape index (κ2) is 5.53. The Balaban J connectivity index is 2.21. The molecule has 1 aromatic rings. The first-order valence-corrected chi connectivity index (χ1v) is 6.80. The predicted molar refractivity (Wildman–Crippen MR) is 78.1 cm³/mol. The number of carboxylic acid groups (broad SMARTS) is 1. The van der Waals surface area contributed by atoms with Gasteiger partial charge in [0, 0.05) is 24.8 Å². The molecular formula is C15H20N2O3. The second-order valence-electron chi connectivity index (χ2n) is 5.47. The number of hydrogen-bond acceptors (Lipinski definition) is 3. The summed E-state index contributed by atoms with van der Waals surface area (Å²) in [4.78, 5) is 24.4.